The molecule has 0 saturated heterocycles. The van der Waals surface area contributed by atoms with Crippen LogP contribution in [0.5, 0.6) is 0 Å². The lowest BCUT2D eigenvalue weighted by Gasteiger charge is -2.36. The summed E-state index contributed by atoms with van der Waals surface area (Å²) >= 11 is 2.87. The van der Waals surface area contributed by atoms with Gasteiger partial charge in [-0.25, -0.2) is 0 Å². The molecule has 1 aromatic heterocycles. The second kappa shape index (κ2) is 8.97. The summed E-state index contributed by atoms with van der Waals surface area (Å²) in [7, 11) is 0. The van der Waals surface area contributed by atoms with Gasteiger partial charge >= 0.3 is 5.97 Å². The van der Waals surface area contributed by atoms with E-state index in [2.05, 4.69) is 31.0 Å². The Labute approximate surface area is 146 Å². The maximum Gasteiger partial charge on any atom is 0.316 e. The lowest BCUT2D eigenvalue weighted by atomic mass is 9.75. The summed E-state index contributed by atoms with van der Waals surface area (Å²) in [5.74, 6) is 2.94. The van der Waals surface area contributed by atoms with Crippen LogP contribution in [-0.2, 0) is 15.3 Å². The zero-order valence-electron chi connectivity index (χ0n) is 14.3. The Morgan fingerprint density at radius 1 is 1.39 bits per heavy atom. The highest BCUT2D eigenvalue weighted by Crippen LogP contribution is 2.35. The average Bonchev–Trinajstić information content (AvgIpc) is 2.93. The first-order chi connectivity index (χ1) is 11.0. The molecule has 3 atom stereocenters. The molecule has 1 aliphatic carbocycles. The van der Waals surface area contributed by atoms with Gasteiger partial charge in [0.15, 0.2) is 0 Å². The van der Waals surface area contributed by atoms with Gasteiger partial charge in [0, 0.05) is 0 Å². The minimum absolute atomic E-state index is 0.0431. The minimum Gasteiger partial charge on any atom is -0.461 e. The molecule has 0 spiro atoms. The van der Waals surface area contributed by atoms with Gasteiger partial charge in [0.25, 0.3) is 5.22 Å². The normalized spacial score (nSPS) is 24.8. The first-order valence-electron chi connectivity index (χ1n) is 8.13. The Bertz CT molecular complexity index is 507. The van der Waals surface area contributed by atoms with Gasteiger partial charge in [0.1, 0.15) is 11.9 Å². The van der Waals surface area contributed by atoms with Gasteiger partial charge in [0.2, 0.25) is 5.89 Å². The van der Waals surface area contributed by atoms with Crippen LogP contribution in [0.25, 0.3) is 0 Å². The SMILES string of the molecule is CSCc1nnc(SCC(=O)O[C@@H]2C[C@@H](C)CC[C@@H]2C(C)C)o1. The molecular formula is C16H26N2O3S2. The molecule has 0 bridgehead atoms. The van der Waals surface area contributed by atoms with Gasteiger partial charge in [0.05, 0.1) is 5.75 Å². The Morgan fingerprint density at radius 2 is 2.17 bits per heavy atom. The number of rotatable bonds is 7. The standard InChI is InChI=1S/C16H26N2O3S2/c1-10(2)12-6-5-11(3)7-13(12)20-15(19)9-23-16-18-17-14(21-16)8-22-4/h10-13H,5-9H2,1-4H3/t11-,12+,13+/m0/s1. The predicted octanol–water partition coefficient (Wildman–Crippen LogP) is 4.03. The molecule has 130 valence electrons. The molecule has 1 saturated carbocycles. The van der Waals surface area contributed by atoms with E-state index >= 15 is 0 Å². The highest BCUT2D eigenvalue weighted by Gasteiger charge is 2.33. The number of ether oxygens (including phenoxy) is 1. The summed E-state index contributed by atoms with van der Waals surface area (Å²) in [5.41, 5.74) is 0. The average molecular weight is 359 g/mol. The van der Waals surface area contributed by atoms with Crippen molar-refractivity contribution in [2.75, 3.05) is 12.0 Å². The van der Waals surface area contributed by atoms with Gasteiger partial charge in [-0.2, -0.15) is 11.8 Å². The highest BCUT2D eigenvalue weighted by molar-refractivity contribution is 7.99. The number of hydrogen-bond donors (Lipinski definition) is 0. The number of thioether (sulfide) groups is 2. The van der Waals surface area contributed by atoms with E-state index < -0.39 is 0 Å². The second-order valence-electron chi connectivity index (χ2n) is 6.54. The van der Waals surface area contributed by atoms with Crippen molar-refractivity contribution in [3.8, 4) is 0 Å². The topological polar surface area (TPSA) is 65.2 Å². The number of hydrogen-bond acceptors (Lipinski definition) is 7. The molecule has 1 aliphatic rings. The third kappa shape index (κ3) is 5.71. The molecule has 23 heavy (non-hydrogen) atoms. The second-order valence-corrected chi connectivity index (χ2v) is 8.33. The van der Waals surface area contributed by atoms with Gasteiger partial charge in [-0.05, 0) is 36.9 Å². The predicted molar refractivity (Wildman–Crippen MR) is 93.5 cm³/mol. The van der Waals surface area contributed by atoms with E-state index in [4.69, 9.17) is 9.15 Å². The fraction of sp³-hybridized carbons (Fsp3) is 0.812. The third-order valence-corrected chi connectivity index (χ3v) is 5.60. The molecule has 0 aromatic carbocycles. The van der Waals surface area contributed by atoms with Crippen molar-refractivity contribution in [2.24, 2.45) is 17.8 Å². The first-order valence-corrected chi connectivity index (χ1v) is 10.5. The minimum atomic E-state index is -0.190. The number of nitrogens with zero attached hydrogens (tertiary/aromatic N) is 2. The molecule has 0 aliphatic heterocycles. The van der Waals surface area contributed by atoms with Crippen LogP contribution in [0.15, 0.2) is 9.64 Å². The van der Waals surface area contributed by atoms with Crippen LogP contribution in [0, 0.1) is 17.8 Å². The molecule has 0 unspecified atom stereocenters. The number of esters is 1. The summed E-state index contributed by atoms with van der Waals surface area (Å²) in [4.78, 5) is 12.2. The quantitative estimate of drug-likeness (QED) is 0.538. The Balaban J connectivity index is 1.82. The van der Waals surface area contributed by atoms with E-state index in [1.165, 1.54) is 18.2 Å². The Hall–Kier alpha value is -0.690. The van der Waals surface area contributed by atoms with Crippen molar-refractivity contribution >= 4 is 29.5 Å². The maximum absolute atomic E-state index is 12.2. The molecular weight excluding hydrogens is 332 g/mol. The molecule has 1 aromatic rings. The molecule has 7 heteroatoms. The smallest absolute Gasteiger partial charge is 0.316 e. The summed E-state index contributed by atoms with van der Waals surface area (Å²) in [6, 6.07) is 0. The molecule has 5 nitrogen and oxygen atoms in total. The maximum atomic E-state index is 12.2. The summed E-state index contributed by atoms with van der Waals surface area (Å²) in [6.07, 6.45) is 5.36. The lowest BCUT2D eigenvalue weighted by Crippen LogP contribution is -2.36. The van der Waals surface area contributed by atoms with E-state index in [1.54, 1.807) is 11.8 Å². The van der Waals surface area contributed by atoms with Crippen LogP contribution in [0.1, 0.15) is 45.9 Å². The highest BCUT2D eigenvalue weighted by atomic mass is 32.2. The Morgan fingerprint density at radius 3 is 2.87 bits per heavy atom. The fourth-order valence-corrected chi connectivity index (χ4v) is 3.98. The van der Waals surface area contributed by atoms with Gasteiger partial charge < -0.3 is 9.15 Å². The van der Waals surface area contributed by atoms with Crippen LogP contribution in [-0.4, -0.2) is 34.3 Å². The molecule has 0 amide bonds. The zero-order valence-corrected chi connectivity index (χ0v) is 15.9. The van der Waals surface area contributed by atoms with Crippen LogP contribution in [0.3, 0.4) is 0 Å². The van der Waals surface area contributed by atoms with E-state index in [-0.39, 0.29) is 17.8 Å². The molecule has 0 N–H and O–H groups in total. The van der Waals surface area contributed by atoms with Crippen molar-refractivity contribution in [1.29, 1.82) is 0 Å². The summed E-state index contributed by atoms with van der Waals surface area (Å²) in [5, 5.41) is 8.30. The fourth-order valence-electron chi connectivity index (χ4n) is 3.05. The van der Waals surface area contributed by atoms with Crippen LogP contribution in [0.2, 0.25) is 0 Å². The van der Waals surface area contributed by atoms with Crippen molar-refractivity contribution in [3.63, 3.8) is 0 Å². The largest absolute Gasteiger partial charge is 0.461 e. The van der Waals surface area contributed by atoms with Crippen molar-refractivity contribution in [3.05, 3.63) is 5.89 Å². The number of carbonyl (C=O) groups is 1. The van der Waals surface area contributed by atoms with Crippen molar-refractivity contribution < 1.29 is 13.9 Å². The molecule has 0 radical (unpaired) electrons. The Kier molecular flexibility index (Phi) is 7.27. The van der Waals surface area contributed by atoms with E-state index in [0.717, 1.165) is 12.8 Å². The van der Waals surface area contributed by atoms with E-state index in [9.17, 15) is 4.79 Å². The van der Waals surface area contributed by atoms with Crippen LogP contribution < -0.4 is 0 Å². The van der Waals surface area contributed by atoms with Crippen molar-refractivity contribution in [1.82, 2.24) is 10.2 Å². The van der Waals surface area contributed by atoms with E-state index in [1.807, 2.05) is 6.26 Å². The lowest BCUT2D eigenvalue weighted by molar-refractivity contribution is -0.152. The summed E-state index contributed by atoms with van der Waals surface area (Å²) < 4.78 is 11.2. The van der Waals surface area contributed by atoms with Gasteiger partial charge in [-0.1, -0.05) is 39.0 Å². The molecule has 1 fully saturated rings. The van der Waals surface area contributed by atoms with Crippen LogP contribution in [0.4, 0.5) is 0 Å². The van der Waals surface area contributed by atoms with Crippen molar-refractivity contribution in [2.45, 2.75) is 57.1 Å². The van der Waals surface area contributed by atoms with Gasteiger partial charge in [-0.15, -0.1) is 10.2 Å². The van der Waals surface area contributed by atoms with E-state index in [0.29, 0.717) is 34.6 Å². The third-order valence-electron chi connectivity index (χ3n) is 4.27. The first kappa shape index (κ1) is 18.6. The zero-order chi connectivity index (χ0) is 16.8. The number of aromatic nitrogens is 2. The van der Waals surface area contributed by atoms with Gasteiger partial charge in [-0.3, -0.25) is 4.79 Å². The molecule has 1 heterocycles. The monoisotopic (exact) mass is 358 g/mol. The van der Waals surface area contributed by atoms with Crippen LogP contribution >= 0.6 is 23.5 Å². The molecule has 2 rings (SSSR count). The number of carbonyl (C=O) groups excluding carboxylic acids is 1. The summed E-state index contributed by atoms with van der Waals surface area (Å²) in [6.45, 7) is 6.65.